The molecule has 0 unspecified atom stereocenters. The van der Waals surface area contributed by atoms with Crippen LogP contribution >= 0.6 is 0 Å². The number of aliphatic carboxylic acids is 1. The molecule has 0 aromatic heterocycles. The first-order valence-corrected chi connectivity index (χ1v) is 6.97. The van der Waals surface area contributed by atoms with E-state index in [0.29, 0.717) is 6.42 Å². The van der Waals surface area contributed by atoms with E-state index in [4.69, 9.17) is 9.84 Å². The molecule has 0 heterocycles. The van der Waals surface area contributed by atoms with Crippen molar-refractivity contribution in [1.29, 1.82) is 0 Å². The molecule has 1 rings (SSSR count). The van der Waals surface area contributed by atoms with Gasteiger partial charge in [-0.3, -0.25) is 4.79 Å². The van der Waals surface area contributed by atoms with E-state index in [2.05, 4.69) is 5.32 Å². The number of ether oxygens (including phenoxy) is 1. The molecule has 0 saturated heterocycles. The molecule has 1 saturated carbocycles. The van der Waals surface area contributed by atoms with Crippen molar-refractivity contribution in [2.45, 2.75) is 70.9 Å². The fourth-order valence-corrected chi connectivity index (χ4v) is 1.97. The molecule has 1 amide bonds. The third-order valence-corrected chi connectivity index (χ3v) is 3.00. The first-order valence-electron chi connectivity index (χ1n) is 6.97. The first kappa shape index (κ1) is 15.8. The largest absolute Gasteiger partial charge is 0.481 e. The fourth-order valence-electron chi connectivity index (χ4n) is 1.97. The molecule has 1 aliphatic carbocycles. The highest BCUT2D eigenvalue weighted by molar-refractivity contribution is 5.71. The van der Waals surface area contributed by atoms with Crippen LogP contribution in [0.2, 0.25) is 0 Å². The van der Waals surface area contributed by atoms with Crippen molar-refractivity contribution in [2.24, 2.45) is 5.92 Å². The summed E-state index contributed by atoms with van der Waals surface area (Å²) in [6.45, 7) is 5.35. The third-order valence-electron chi connectivity index (χ3n) is 3.00. The minimum Gasteiger partial charge on any atom is -0.481 e. The minimum absolute atomic E-state index is 0.0517. The summed E-state index contributed by atoms with van der Waals surface area (Å²) in [6.07, 6.45) is 4.79. The molecule has 0 bridgehead atoms. The van der Waals surface area contributed by atoms with Crippen molar-refractivity contribution < 1.29 is 19.4 Å². The van der Waals surface area contributed by atoms with Gasteiger partial charge < -0.3 is 15.2 Å². The molecule has 19 heavy (non-hydrogen) atoms. The van der Waals surface area contributed by atoms with Crippen molar-refractivity contribution in [3.8, 4) is 0 Å². The van der Waals surface area contributed by atoms with Gasteiger partial charge in [-0.05, 0) is 33.1 Å². The molecule has 0 aromatic rings. The van der Waals surface area contributed by atoms with Gasteiger partial charge in [0.25, 0.3) is 0 Å². The van der Waals surface area contributed by atoms with E-state index in [-0.39, 0.29) is 12.5 Å². The zero-order valence-electron chi connectivity index (χ0n) is 12.1. The summed E-state index contributed by atoms with van der Waals surface area (Å²) in [5.41, 5.74) is -0.564. The van der Waals surface area contributed by atoms with E-state index >= 15 is 0 Å². The molecular weight excluding hydrogens is 246 g/mol. The van der Waals surface area contributed by atoms with Crippen molar-refractivity contribution in [3.05, 3.63) is 0 Å². The maximum Gasteiger partial charge on any atom is 0.407 e. The molecule has 0 spiro atoms. The summed E-state index contributed by atoms with van der Waals surface area (Å²) in [4.78, 5) is 22.4. The van der Waals surface area contributed by atoms with Crippen LogP contribution in [0.15, 0.2) is 0 Å². The summed E-state index contributed by atoms with van der Waals surface area (Å²) in [6, 6.07) is -0.342. The maximum absolute atomic E-state index is 11.6. The van der Waals surface area contributed by atoms with Crippen molar-refractivity contribution in [3.63, 3.8) is 0 Å². The Balaban J connectivity index is 2.33. The van der Waals surface area contributed by atoms with Gasteiger partial charge in [0.2, 0.25) is 0 Å². The van der Waals surface area contributed by atoms with Gasteiger partial charge in [-0.15, -0.1) is 0 Å². The molecular formula is C14H25NO4. The Morgan fingerprint density at radius 2 is 2.00 bits per heavy atom. The average Bonchev–Trinajstić information content (AvgIpc) is 2.96. The quantitative estimate of drug-likeness (QED) is 0.746. The Kier molecular flexibility index (Phi) is 5.63. The second-order valence-electron chi connectivity index (χ2n) is 6.32. The maximum atomic E-state index is 11.6. The number of carboxylic acids is 1. The standard InChI is InChI=1S/C14H25NO4/c1-14(2,3)19-13(18)15-11(9-12(16)17)6-4-5-10-7-8-10/h10-11H,4-9H2,1-3H3,(H,15,18)(H,16,17)/t11-/m0/s1. The van der Waals surface area contributed by atoms with E-state index < -0.39 is 17.7 Å². The zero-order chi connectivity index (χ0) is 14.5. The molecule has 5 heteroatoms. The highest BCUT2D eigenvalue weighted by atomic mass is 16.6. The van der Waals surface area contributed by atoms with Crippen LogP contribution in [-0.4, -0.2) is 28.8 Å². The van der Waals surface area contributed by atoms with Gasteiger partial charge in [-0.2, -0.15) is 0 Å². The van der Waals surface area contributed by atoms with Gasteiger partial charge in [0, 0.05) is 6.04 Å². The summed E-state index contributed by atoms with van der Waals surface area (Å²) in [5, 5.41) is 11.5. The van der Waals surface area contributed by atoms with Crippen LogP contribution < -0.4 is 5.32 Å². The van der Waals surface area contributed by atoms with Crippen LogP contribution in [0.25, 0.3) is 0 Å². The highest BCUT2D eigenvalue weighted by Crippen LogP contribution is 2.34. The Bertz CT molecular complexity index is 318. The van der Waals surface area contributed by atoms with Crippen LogP contribution in [0.1, 0.15) is 59.3 Å². The average molecular weight is 271 g/mol. The third kappa shape index (κ3) is 8.46. The number of hydrogen-bond acceptors (Lipinski definition) is 3. The lowest BCUT2D eigenvalue weighted by atomic mass is 10.0. The number of alkyl carbamates (subject to hydrolysis) is 1. The lowest BCUT2D eigenvalue weighted by Crippen LogP contribution is -2.40. The van der Waals surface area contributed by atoms with Gasteiger partial charge in [0.15, 0.2) is 0 Å². The zero-order valence-corrected chi connectivity index (χ0v) is 12.1. The summed E-state index contributed by atoms with van der Waals surface area (Å²) in [7, 11) is 0. The van der Waals surface area contributed by atoms with E-state index in [1.165, 1.54) is 12.8 Å². The summed E-state index contributed by atoms with van der Waals surface area (Å²) >= 11 is 0. The van der Waals surface area contributed by atoms with Crippen LogP contribution in [0.4, 0.5) is 4.79 Å². The molecule has 0 aromatic carbocycles. The van der Waals surface area contributed by atoms with E-state index in [9.17, 15) is 9.59 Å². The van der Waals surface area contributed by atoms with Gasteiger partial charge in [0.1, 0.15) is 5.60 Å². The summed E-state index contributed by atoms with van der Waals surface area (Å²) < 4.78 is 5.15. The molecule has 2 N–H and O–H groups in total. The minimum atomic E-state index is -0.896. The normalized spacial score (nSPS) is 16.8. The predicted molar refractivity (Wildman–Crippen MR) is 72.0 cm³/mol. The Labute approximate surface area is 114 Å². The van der Waals surface area contributed by atoms with Gasteiger partial charge >= 0.3 is 12.1 Å². The lowest BCUT2D eigenvalue weighted by molar-refractivity contribution is -0.137. The molecule has 0 radical (unpaired) electrons. The van der Waals surface area contributed by atoms with Gasteiger partial charge in [-0.1, -0.05) is 25.7 Å². The second-order valence-corrected chi connectivity index (χ2v) is 6.32. The molecule has 1 aliphatic rings. The van der Waals surface area contributed by atoms with Crippen molar-refractivity contribution in [1.82, 2.24) is 5.32 Å². The van der Waals surface area contributed by atoms with Crippen LogP contribution in [-0.2, 0) is 9.53 Å². The fraction of sp³-hybridized carbons (Fsp3) is 0.857. The van der Waals surface area contributed by atoms with Crippen LogP contribution in [0, 0.1) is 5.92 Å². The number of carbonyl (C=O) groups excluding carboxylic acids is 1. The van der Waals surface area contributed by atoms with Crippen LogP contribution in [0.3, 0.4) is 0 Å². The van der Waals surface area contributed by atoms with Gasteiger partial charge in [0.05, 0.1) is 6.42 Å². The van der Waals surface area contributed by atoms with E-state index in [1.807, 2.05) is 0 Å². The molecule has 5 nitrogen and oxygen atoms in total. The van der Waals surface area contributed by atoms with Crippen LogP contribution in [0.5, 0.6) is 0 Å². The first-order chi connectivity index (χ1) is 8.76. The monoisotopic (exact) mass is 271 g/mol. The number of carboxylic acid groups (broad SMARTS) is 1. The lowest BCUT2D eigenvalue weighted by Gasteiger charge is -2.23. The molecule has 0 aliphatic heterocycles. The Morgan fingerprint density at radius 1 is 1.37 bits per heavy atom. The number of amides is 1. The highest BCUT2D eigenvalue weighted by Gasteiger charge is 2.23. The number of hydrogen-bond donors (Lipinski definition) is 2. The molecule has 1 atom stereocenters. The Hall–Kier alpha value is -1.26. The number of carbonyl (C=O) groups is 2. The predicted octanol–water partition coefficient (Wildman–Crippen LogP) is 2.93. The van der Waals surface area contributed by atoms with Crippen molar-refractivity contribution in [2.75, 3.05) is 0 Å². The van der Waals surface area contributed by atoms with E-state index in [1.54, 1.807) is 20.8 Å². The topological polar surface area (TPSA) is 75.6 Å². The second kappa shape index (κ2) is 6.78. The van der Waals surface area contributed by atoms with E-state index in [0.717, 1.165) is 18.8 Å². The van der Waals surface area contributed by atoms with Gasteiger partial charge in [-0.25, -0.2) is 4.79 Å². The number of rotatable bonds is 7. The summed E-state index contributed by atoms with van der Waals surface area (Å²) in [5.74, 6) is -0.0699. The molecule has 1 fully saturated rings. The van der Waals surface area contributed by atoms with Crippen molar-refractivity contribution >= 4 is 12.1 Å². The SMILES string of the molecule is CC(C)(C)OC(=O)N[C@@H](CCCC1CC1)CC(=O)O. The Morgan fingerprint density at radius 3 is 2.47 bits per heavy atom. The molecule has 110 valence electrons. The smallest absolute Gasteiger partial charge is 0.407 e. The number of nitrogens with one attached hydrogen (secondary N) is 1.